The first-order chi connectivity index (χ1) is 15.5. The van der Waals surface area contributed by atoms with Crippen molar-refractivity contribution in [2.24, 2.45) is 0 Å². The van der Waals surface area contributed by atoms with Crippen LogP contribution in [-0.2, 0) is 24.2 Å². The number of carbonyl (C=O) groups excluding carboxylic acids is 1. The molecule has 8 heteroatoms. The van der Waals surface area contributed by atoms with E-state index in [4.69, 9.17) is 4.74 Å². The SMILES string of the molecule is CC(=O)Cc1cc(-c2cnc(NCc3c(F)ccc4c3CCO4)n3cc(C)nc23)ccn1. The second-order valence-corrected chi connectivity index (χ2v) is 7.94. The minimum absolute atomic E-state index is 0.0548. The van der Waals surface area contributed by atoms with Crippen LogP contribution in [-0.4, -0.2) is 31.7 Å². The van der Waals surface area contributed by atoms with Crippen molar-refractivity contribution in [2.45, 2.75) is 33.2 Å². The molecule has 3 aromatic heterocycles. The van der Waals surface area contributed by atoms with E-state index in [1.54, 1.807) is 25.4 Å². The molecule has 0 bridgehead atoms. The van der Waals surface area contributed by atoms with Gasteiger partial charge in [0, 0.05) is 60.4 Å². The van der Waals surface area contributed by atoms with E-state index in [-0.39, 0.29) is 24.6 Å². The number of hydrogen-bond acceptors (Lipinski definition) is 6. The third-order valence-electron chi connectivity index (χ3n) is 5.53. The second-order valence-electron chi connectivity index (χ2n) is 7.94. The minimum atomic E-state index is -0.258. The van der Waals surface area contributed by atoms with Gasteiger partial charge in [-0.25, -0.2) is 14.4 Å². The number of aromatic nitrogens is 4. The highest BCUT2D eigenvalue weighted by Gasteiger charge is 2.20. The van der Waals surface area contributed by atoms with Crippen molar-refractivity contribution in [3.8, 4) is 16.9 Å². The van der Waals surface area contributed by atoms with Crippen LogP contribution in [0.15, 0.2) is 42.9 Å². The van der Waals surface area contributed by atoms with Gasteiger partial charge in [-0.3, -0.25) is 14.2 Å². The van der Waals surface area contributed by atoms with Gasteiger partial charge in [0.05, 0.1) is 12.3 Å². The molecule has 1 N–H and O–H groups in total. The summed E-state index contributed by atoms with van der Waals surface area (Å²) in [4.78, 5) is 25.0. The number of rotatable bonds is 6. The molecule has 0 atom stereocenters. The summed E-state index contributed by atoms with van der Waals surface area (Å²) in [5.41, 5.74) is 5.48. The van der Waals surface area contributed by atoms with Crippen LogP contribution in [0.1, 0.15) is 29.4 Å². The van der Waals surface area contributed by atoms with Crippen LogP contribution in [0.5, 0.6) is 5.75 Å². The number of anilines is 1. The van der Waals surface area contributed by atoms with E-state index in [1.165, 1.54) is 6.07 Å². The first-order valence-corrected chi connectivity index (χ1v) is 10.5. The Kier molecular flexibility index (Phi) is 5.05. The standard InChI is InChI=1S/C24H22FN5O2/c1-14-13-30-23(29-14)19(16-5-7-26-17(10-16)9-15(2)31)11-27-24(30)28-12-20-18-6-8-32-22(18)4-3-21(20)25/h3-5,7,10-11,13H,6,8-9,12H2,1-2H3,(H,27,28). The molecule has 4 heterocycles. The van der Waals surface area contributed by atoms with E-state index in [0.29, 0.717) is 30.2 Å². The highest BCUT2D eigenvalue weighted by molar-refractivity contribution is 5.80. The molecule has 0 saturated heterocycles. The van der Waals surface area contributed by atoms with Gasteiger partial charge >= 0.3 is 0 Å². The zero-order valence-electron chi connectivity index (χ0n) is 17.9. The van der Waals surface area contributed by atoms with Gasteiger partial charge < -0.3 is 10.1 Å². The van der Waals surface area contributed by atoms with Crippen molar-refractivity contribution in [1.29, 1.82) is 0 Å². The molecule has 7 nitrogen and oxygen atoms in total. The van der Waals surface area contributed by atoms with Crippen LogP contribution in [0.2, 0.25) is 0 Å². The molecule has 0 spiro atoms. The number of imidazole rings is 1. The molecule has 0 saturated carbocycles. The molecular formula is C24H22FN5O2. The monoisotopic (exact) mass is 431 g/mol. The lowest BCUT2D eigenvalue weighted by Gasteiger charge is -2.13. The topological polar surface area (TPSA) is 81.4 Å². The summed E-state index contributed by atoms with van der Waals surface area (Å²) in [6, 6.07) is 6.88. The number of Topliss-reactive ketones (excluding diaryl/α,β-unsaturated/α-hetero) is 1. The van der Waals surface area contributed by atoms with Crippen LogP contribution < -0.4 is 10.1 Å². The molecule has 0 radical (unpaired) electrons. The number of nitrogens with zero attached hydrogens (tertiary/aromatic N) is 4. The predicted octanol–water partition coefficient (Wildman–Crippen LogP) is 3.92. The summed E-state index contributed by atoms with van der Waals surface area (Å²) in [7, 11) is 0. The van der Waals surface area contributed by atoms with E-state index in [0.717, 1.165) is 33.8 Å². The number of nitrogens with one attached hydrogen (secondary N) is 1. The summed E-state index contributed by atoms with van der Waals surface area (Å²) in [6.07, 6.45) is 6.29. The van der Waals surface area contributed by atoms with E-state index in [2.05, 4.69) is 20.3 Å². The van der Waals surface area contributed by atoms with Crippen molar-refractivity contribution >= 4 is 17.4 Å². The maximum atomic E-state index is 14.5. The van der Waals surface area contributed by atoms with Gasteiger partial charge in [0.1, 0.15) is 23.0 Å². The molecule has 4 aromatic rings. The van der Waals surface area contributed by atoms with Crippen molar-refractivity contribution < 1.29 is 13.9 Å². The van der Waals surface area contributed by atoms with Gasteiger partial charge in [-0.15, -0.1) is 0 Å². The summed E-state index contributed by atoms with van der Waals surface area (Å²) < 4.78 is 21.9. The average Bonchev–Trinajstić information content (AvgIpc) is 3.39. The molecule has 32 heavy (non-hydrogen) atoms. The van der Waals surface area contributed by atoms with E-state index < -0.39 is 0 Å². The molecule has 0 amide bonds. The van der Waals surface area contributed by atoms with E-state index in [1.807, 2.05) is 29.7 Å². The second kappa shape index (κ2) is 8.03. The Morgan fingerprint density at radius 2 is 2.16 bits per heavy atom. The number of pyridine rings is 1. The smallest absolute Gasteiger partial charge is 0.208 e. The summed E-state index contributed by atoms with van der Waals surface area (Å²) in [5.74, 6) is 1.11. The Balaban J connectivity index is 1.50. The molecule has 1 aliphatic rings. The molecule has 1 aromatic carbocycles. The lowest BCUT2D eigenvalue weighted by molar-refractivity contribution is -0.116. The molecule has 0 aliphatic carbocycles. The maximum absolute atomic E-state index is 14.5. The number of ether oxygens (including phenoxy) is 1. The number of hydrogen-bond donors (Lipinski definition) is 1. The van der Waals surface area contributed by atoms with Crippen LogP contribution >= 0.6 is 0 Å². The first kappa shape index (κ1) is 20.1. The Hall–Kier alpha value is -3.81. The fourth-order valence-corrected chi connectivity index (χ4v) is 4.10. The lowest BCUT2D eigenvalue weighted by atomic mass is 10.0. The van der Waals surface area contributed by atoms with Gasteiger partial charge in [-0.2, -0.15) is 0 Å². The van der Waals surface area contributed by atoms with Crippen LogP contribution in [0.3, 0.4) is 0 Å². The Labute approximate surface area is 184 Å². The number of halogens is 1. The van der Waals surface area contributed by atoms with Crippen LogP contribution in [0.4, 0.5) is 10.3 Å². The number of carbonyl (C=O) groups is 1. The van der Waals surface area contributed by atoms with Crippen molar-refractivity contribution in [3.05, 3.63) is 71.2 Å². The summed E-state index contributed by atoms with van der Waals surface area (Å²) >= 11 is 0. The summed E-state index contributed by atoms with van der Waals surface area (Å²) in [5, 5.41) is 3.26. The number of ketones is 1. The van der Waals surface area contributed by atoms with Gasteiger partial charge in [0.25, 0.3) is 0 Å². The average molecular weight is 431 g/mol. The lowest BCUT2D eigenvalue weighted by Crippen LogP contribution is -2.09. The largest absolute Gasteiger partial charge is 0.493 e. The quantitative estimate of drug-likeness (QED) is 0.498. The number of benzene rings is 1. The van der Waals surface area contributed by atoms with Crippen molar-refractivity contribution in [1.82, 2.24) is 19.4 Å². The highest BCUT2D eigenvalue weighted by Crippen LogP contribution is 2.31. The first-order valence-electron chi connectivity index (χ1n) is 10.5. The normalized spacial score (nSPS) is 12.6. The minimum Gasteiger partial charge on any atom is -0.493 e. The highest BCUT2D eigenvalue weighted by atomic mass is 19.1. The van der Waals surface area contributed by atoms with Crippen LogP contribution in [0, 0.1) is 12.7 Å². The Morgan fingerprint density at radius 1 is 1.28 bits per heavy atom. The van der Waals surface area contributed by atoms with Gasteiger partial charge in [0.2, 0.25) is 5.95 Å². The fraction of sp³-hybridized carbons (Fsp3) is 0.250. The van der Waals surface area contributed by atoms with Gasteiger partial charge in [-0.05, 0) is 43.7 Å². The van der Waals surface area contributed by atoms with E-state index >= 15 is 0 Å². The third-order valence-corrected chi connectivity index (χ3v) is 5.53. The van der Waals surface area contributed by atoms with Gasteiger partial charge in [0.15, 0.2) is 0 Å². The molecule has 0 unspecified atom stereocenters. The maximum Gasteiger partial charge on any atom is 0.208 e. The molecular weight excluding hydrogens is 409 g/mol. The van der Waals surface area contributed by atoms with Crippen molar-refractivity contribution in [3.63, 3.8) is 0 Å². The predicted molar refractivity (Wildman–Crippen MR) is 118 cm³/mol. The molecule has 1 aliphatic heterocycles. The Bertz CT molecular complexity index is 1350. The molecule has 0 fully saturated rings. The fourth-order valence-electron chi connectivity index (χ4n) is 4.10. The Morgan fingerprint density at radius 3 is 3.00 bits per heavy atom. The van der Waals surface area contributed by atoms with E-state index in [9.17, 15) is 9.18 Å². The summed E-state index contributed by atoms with van der Waals surface area (Å²) in [6.45, 7) is 4.31. The zero-order valence-corrected chi connectivity index (χ0v) is 17.9. The van der Waals surface area contributed by atoms with Gasteiger partial charge in [-0.1, -0.05) is 0 Å². The molecule has 162 valence electrons. The number of aryl methyl sites for hydroxylation is 1. The number of fused-ring (bicyclic) bond motifs is 2. The molecule has 5 rings (SSSR count). The zero-order chi connectivity index (χ0) is 22.2. The van der Waals surface area contributed by atoms with Crippen molar-refractivity contribution in [2.75, 3.05) is 11.9 Å². The third kappa shape index (κ3) is 3.68. The van der Waals surface area contributed by atoms with Crippen LogP contribution in [0.25, 0.3) is 16.8 Å².